The molecular formula is C23H41N3O4. The number of allylic oxidation sites excluding steroid dienone is 1. The molecule has 2 aliphatic rings. The SMILES string of the molecule is COCCC(=O)NCC1C=C(C)C(CC(=O)NCCN2CCOCC2)CC1C(C)C. The molecule has 1 heterocycles. The van der Waals surface area contributed by atoms with E-state index in [9.17, 15) is 9.59 Å². The minimum atomic E-state index is 0.0344. The van der Waals surface area contributed by atoms with Gasteiger partial charge in [-0.05, 0) is 37.0 Å². The van der Waals surface area contributed by atoms with Gasteiger partial charge in [0.1, 0.15) is 0 Å². The zero-order chi connectivity index (χ0) is 21.9. The van der Waals surface area contributed by atoms with Gasteiger partial charge in [0.2, 0.25) is 11.8 Å². The second kappa shape index (κ2) is 13.1. The van der Waals surface area contributed by atoms with Crippen LogP contribution in [0.2, 0.25) is 0 Å². The summed E-state index contributed by atoms with van der Waals surface area (Å²) >= 11 is 0. The standard InChI is InChI=1S/C23H41N3O4/c1-17(2)21-14-19(15-23(28)24-6-7-26-8-11-30-12-9-26)18(3)13-20(21)16-25-22(27)5-10-29-4/h13,17,19-21H,5-12,14-16H2,1-4H3,(H,24,28)(H,25,27). The lowest BCUT2D eigenvalue weighted by atomic mass is 9.69. The molecule has 0 spiro atoms. The van der Waals surface area contributed by atoms with Gasteiger partial charge in [0.05, 0.1) is 19.8 Å². The number of carbonyl (C=O) groups excluding carboxylic acids is 2. The van der Waals surface area contributed by atoms with Gasteiger partial charge in [-0.15, -0.1) is 0 Å². The molecule has 0 aromatic rings. The molecule has 1 aliphatic heterocycles. The Morgan fingerprint density at radius 2 is 1.97 bits per heavy atom. The van der Waals surface area contributed by atoms with Gasteiger partial charge >= 0.3 is 0 Å². The van der Waals surface area contributed by atoms with Crippen LogP contribution in [0.15, 0.2) is 11.6 Å². The predicted octanol–water partition coefficient (Wildman–Crippen LogP) is 1.83. The summed E-state index contributed by atoms with van der Waals surface area (Å²) in [4.78, 5) is 26.8. The second-order valence-electron chi connectivity index (χ2n) is 8.97. The van der Waals surface area contributed by atoms with E-state index in [4.69, 9.17) is 9.47 Å². The Morgan fingerprint density at radius 1 is 1.23 bits per heavy atom. The van der Waals surface area contributed by atoms with Gasteiger partial charge < -0.3 is 20.1 Å². The zero-order valence-corrected chi connectivity index (χ0v) is 19.2. The Balaban J connectivity index is 1.81. The molecule has 3 atom stereocenters. The molecule has 0 aromatic carbocycles. The molecule has 1 aliphatic carbocycles. The van der Waals surface area contributed by atoms with Crippen LogP contribution in [0.5, 0.6) is 0 Å². The van der Waals surface area contributed by atoms with Gasteiger partial charge in [-0.2, -0.15) is 0 Å². The minimum Gasteiger partial charge on any atom is -0.384 e. The van der Waals surface area contributed by atoms with Crippen LogP contribution in [-0.4, -0.2) is 76.4 Å². The summed E-state index contributed by atoms with van der Waals surface area (Å²) in [5.41, 5.74) is 1.27. The van der Waals surface area contributed by atoms with Crippen molar-refractivity contribution in [3.63, 3.8) is 0 Å². The summed E-state index contributed by atoms with van der Waals surface area (Å²) in [6, 6.07) is 0. The Morgan fingerprint density at radius 3 is 2.63 bits per heavy atom. The first kappa shape index (κ1) is 24.8. The van der Waals surface area contributed by atoms with E-state index in [1.54, 1.807) is 7.11 Å². The second-order valence-corrected chi connectivity index (χ2v) is 8.97. The van der Waals surface area contributed by atoms with E-state index >= 15 is 0 Å². The van der Waals surface area contributed by atoms with Crippen LogP contribution in [0, 0.1) is 23.7 Å². The minimum absolute atomic E-state index is 0.0344. The lowest BCUT2D eigenvalue weighted by molar-refractivity contribution is -0.122. The monoisotopic (exact) mass is 423 g/mol. The molecule has 2 amide bonds. The highest BCUT2D eigenvalue weighted by molar-refractivity contribution is 5.76. The van der Waals surface area contributed by atoms with Crippen molar-refractivity contribution < 1.29 is 19.1 Å². The van der Waals surface area contributed by atoms with E-state index < -0.39 is 0 Å². The number of morpholine rings is 1. The maximum absolute atomic E-state index is 12.5. The van der Waals surface area contributed by atoms with Gasteiger partial charge in [-0.25, -0.2) is 0 Å². The number of hydrogen-bond donors (Lipinski definition) is 2. The van der Waals surface area contributed by atoms with Crippen molar-refractivity contribution in [1.82, 2.24) is 15.5 Å². The van der Waals surface area contributed by atoms with Crippen molar-refractivity contribution in [1.29, 1.82) is 0 Å². The molecule has 30 heavy (non-hydrogen) atoms. The molecule has 3 unspecified atom stereocenters. The highest BCUT2D eigenvalue weighted by atomic mass is 16.5. The van der Waals surface area contributed by atoms with E-state index in [0.29, 0.717) is 50.3 Å². The fourth-order valence-electron chi connectivity index (χ4n) is 4.50. The zero-order valence-electron chi connectivity index (χ0n) is 19.2. The summed E-state index contributed by atoms with van der Waals surface area (Å²) < 4.78 is 10.3. The molecular weight excluding hydrogens is 382 g/mol. The van der Waals surface area contributed by atoms with E-state index in [0.717, 1.165) is 39.3 Å². The van der Waals surface area contributed by atoms with Gasteiger partial charge in [0.25, 0.3) is 0 Å². The van der Waals surface area contributed by atoms with Crippen LogP contribution in [-0.2, 0) is 19.1 Å². The quantitative estimate of drug-likeness (QED) is 0.496. The molecule has 0 radical (unpaired) electrons. The average Bonchev–Trinajstić information content (AvgIpc) is 2.72. The molecule has 0 bridgehead atoms. The molecule has 1 fully saturated rings. The Hall–Kier alpha value is -1.44. The van der Waals surface area contributed by atoms with Crippen LogP contribution in [0.3, 0.4) is 0 Å². The summed E-state index contributed by atoms with van der Waals surface area (Å²) in [5.74, 6) is 1.73. The third-order valence-corrected chi connectivity index (χ3v) is 6.44. The topological polar surface area (TPSA) is 79.9 Å². The van der Waals surface area contributed by atoms with Crippen molar-refractivity contribution in [3.8, 4) is 0 Å². The van der Waals surface area contributed by atoms with E-state index in [1.807, 2.05) is 0 Å². The molecule has 2 N–H and O–H groups in total. The van der Waals surface area contributed by atoms with Gasteiger partial charge in [0, 0.05) is 52.7 Å². The van der Waals surface area contributed by atoms with Crippen molar-refractivity contribution >= 4 is 11.8 Å². The smallest absolute Gasteiger partial charge is 0.222 e. The normalized spacial score (nSPS) is 25.1. The van der Waals surface area contributed by atoms with Crippen LogP contribution in [0.25, 0.3) is 0 Å². The number of amides is 2. The lowest BCUT2D eigenvalue weighted by Crippen LogP contribution is -2.42. The van der Waals surface area contributed by atoms with Crippen LogP contribution >= 0.6 is 0 Å². The largest absolute Gasteiger partial charge is 0.384 e. The first-order valence-corrected chi connectivity index (χ1v) is 11.4. The third kappa shape index (κ3) is 8.36. The summed E-state index contributed by atoms with van der Waals surface area (Å²) in [7, 11) is 1.61. The van der Waals surface area contributed by atoms with Crippen LogP contribution < -0.4 is 10.6 Å². The predicted molar refractivity (Wildman–Crippen MR) is 118 cm³/mol. The number of hydrogen-bond acceptors (Lipinski definition) is 5. The summed E-state index contributed by atoms with van der Waals surface area (Å²) in [6.45, 7) is 12.7. The number of nitrogens with zero attached hydrogens (tertiary/aromatic N) is 1. The summed E-state index contributed by atoms with van der Waals surface area (Å²) in [6.07, 6.45) is 4.22. The van der Waals surface area contributed by atoms with Crippen LogP contribution in [0.4, 0.5) is 0 Å². The summed E-state index contributed by atoms with van der Waals surface area (Å²) in [5, 5.41) is 6.15. The van der Waals surface area contributed by atoms with Crippen molar-refractivity contribution in [3.05, 3.63) is 11.6 Å². The lowest BCUT2D eigenvalue weighted by Gasteiger charge is -2.37. The number of rotatable bonds is 11. The van der Waals surface area contributed by atoms with Gasteiger partial charge in [-0.3, -0.25) is 14.5 Å². The van der Waals surface area contributed by atoms with Crippen molar-refractivity contribution in [2.75, 3.05) is 59.7 Å². The number of methoxy groups -OCH3 is 1. The molecule has 1 saturated heterocycles. The highest BCUT2D eigenvalue weighted by Gasteiger charge is 2.32. The maximum atomic E-state index is 12.5. The van der Waals surface area contributed by atoms with Gasteiger partial charge in [0.15, 0.2) is 0 Å². The van der Waals surface area contributed by atoms with Crippen molar-refractivity contribution in [2.45, 2.75) is 40.0 Å². The fraction of sp³-hybridized carbons (Fsp3) is 0.826. The average molecular weight is 424 g/mol. The van der Waals surface area contributed by atoms with Gasteiger partial charge in [-0.1, -0.05) is 25.5 Å². The first-order chi connectivity index (χ1) is 14.4. The number of nitrogens with one attached hydrogen (secondary N) is 2. The molecule has 7 heteroatoms. The molecule has 172 valence electrons. The van der Waals surface area contributed by atoms with Crippen molar-refractivity contribution in [2.24, 2.45) is 23.7 Å². The molecule has 2 rings (SSSR count). The Bertz CT molecular complexity index is 573. The highest BCUT2D eigenvalue weighted by Crippen LogP contribution is 2.38. The fourth-order valence-corrected chi connectivity index (χ4v) is 4.50. The first-order valence-electron chi connectivity index (χ1n) is 11.4. The number of carbonyl (C=O) groups is 2. The Labute approximate surface area is 181 Å². The van der Waals surface area contributed by atoms with E-state index in [-0.39, 0.29) is 17.7 Å². The maximum Gasteiger partial charge on any atom is 0.222 e. The van der Waals surface area contributed by atoms with Crippen LogP contribution in [0.1, 0.15) is 40.0 Å². The Kier molecular flexibility index (Phi) is 10.8. The molecule has 7 nitrogen and oxygen atoms in total. The van der Waals surface area contributed by atoms with E-state index in [1.165, 1.54) is 5.57 Å². The van der Waals surface area contributed by atoms with E-state index in [2.05, 4.69) is 42.4 Å². The third-order valence-electron chi connectivity index (χ3n) is 6.44. The molecule has 0 saturated carbocycles. The molecule has 0 aromatic heterocycles. The number of ether oxygens (including phenoxy) is 2.